The van der Waals surface area contributed by atoms with Gasteiger partial charge in [0.2, 0.25) is 11.7 Å². The monoisotopic (exact) mass is 608 g/mol. The smallest absolute Gasteiger partial charge is 0.321 e. The van der Waals surface area contributed by atoms with Crippen LogP contribution in [0.15, 0.2) is 69.9 Å². The average molecular weight is 610 g/mol. The second-order valence-corrected chi connectivity index (χ2v) is 11.2. The predicted octanol–water partition coefficient (Wildman–Crippen LogP) is 5.52. The summed E-state index contributed by atoms with van der Waals surface area (Å²) in [7, 11) is 3.10. The molecule has 218 valence electrons. The van der Waals surface area contributed by atoms with Crippen LogP contribution in [0.1, 0.15) is 43.2 Å². The highest BCUT2D eigenvalue weighted by molar-refractivity contribution is 6.34. The van der Waals surface area contributed by atoms with Gasteiger partial charge in [-0.3, -0.25) is 15.1 Å². The van der Waals surface area contributed by atoms with Gasteiger partial charge in [-0.25, -0.2) is 4.79 Å². The first-order valence-electron chi connectivity index (χ1n) is 13.4. The molecule has 42 heavy (non-hydrogen) atoms. The van der Waals surface area contributed by atoms with Crippen LogP contribution in [0.2, 0.25) is 10.0 Å². The van der Waals surface area contributed by atoms with Crippen molar-refractivity contribution in [3.63, 3.8) is 0 Å². The van der Waals surface area contributed by atoms with Gasteiger partial charge in [-0.05, 0) is 74.2 Å². The molecule has 0 aliphatic heterocycles. The Hall–Kier alpha value is -4.15. The molecule has 1 saturated carbocycles. The number of amidine groups is 1. The number of urea groups is 1. The number of carbonyl (C=O) groups excluding carboxylic acids is 2. The van der Waals surface area contributed by atoms with Crippen LogP contribution in [0, 0.1) is 5.92 Å². The van der Waals surface area contributed by atoms with Crippen molar-refractivity contribution in [3.8, 4) is 11.4 Å². The molecule has 3 N–H and O–H groups in total. The maximum atomic E-state index is 13.1. The number of ether oxygens (including phenoxy) is 1. The number of benzene rings is 2. The van der Waals surface area contributed by atoms with Crippen LogP contribution in [-0.2, 0) is 16.1 Å². The molecule has 2 aliphatic carbocycles. The van der Waals surface area contributed by atoms with E-state index in [9.17, 15) is 9.59 Å². The second-order valence-electron chi connectivity index (χ2n) is 10.3. The van der Waals surface area contributed by atoms with Crippen molar-refractivity contribution in [2.45, 2.75) is 38.3 Å². The largest absolute Gasteiger partial charge is 0.496 e. The van der Waals surface area contributed by atoms with Gasteiger partial charge < -0.3 is 19.9 Å². The number of carbonyl (C=O) groups is 2. The van der Waals surface area contributed by atoms with E-state index >= 15 is 0 Å². The third-order valence-electron chi connectivity index (χ3n) is 6.98. The molecule has 1 aromatic heterocycles. The first kappa shape index (κ1) is 29.3. The lowest BCUT2D eigenvalue weighted by molar-refractivity contribution is -0.122. The molecule has 12 heteroatoms. The van der Waals surface area contributed by atoms with Gasteiger partial charge in [-0.2, -0.15) is 4.98 Å². The summed E-state index contributed by atoms with van der Waals surface area (Å²) in [6.45, 7) is 2.23. The van der Waals surface area contributed by atoms with Gasteiger partial charge in [-0.15, -0.1) is 0 Å². The zero-order valence-electron chi connectivity index (χ0n) is 23.3. The van der Waals surface area contributed by atoms with Crippen molar-refractivity contribution in [1.29, 1.82) is 0 Å². The van der Waals surface area contributed by atoms with Gasteiger partial charge in [-0.1, -0.05) is 40.5 Å². The Morgan fingerprint density at radius 3 is 2.62 bits per heavy atom. The zero-order chi connectivity index (χ0) is 29.9. The molecule has 2 aliphatic rings. The number of hydrogen-bond donors (Lipinski definition) is 3. The lowest BCUT2D eigenvalue weighted by Gasteiger charge is -2.30. The SMILES string of the molecule is CN=C(NC(=O)NC1(C)C=C(OC)C(c2nc(-c3ccc(Cl)cc3)no2)=CC1)c1cc(CNC(=O)C2CC2)ccc1Cl. The van der Waals surface area contributed by atoms with E-state index in [1.54, 1.807) is 37.4 Å². The number of allylic oxidation sites excluding steroid dienone is 1. The van der Waals surface area contributed by atoms with Gasteiger partial charge in [0.1, 0.15) is 11.6 Å². The third-order valence-corrected chi connectivity index (χ3v) is 7.56. The Kier molecular flexibility index (Phi) is 8.65. The molecule has 0 spiro atoms. The predicted molar refractivity (Wildman–Crippen MR) is 161 cm³/mol. The van der Waals surface area contributed by atoms with Crippen molar-refractivity contribution >= 4 is 46.5 Å². The number of halogens is 2. The first-order chi connectivity index (χ1) is 20.2. The van der Waals surface area contributed by atoms with E-state index in [1.165, 1.54) is 7.11 Å². The molecule has 2 aromatic carbocycles. The summed E-state index contributed by atoms with van der Waals surface area (Å²) in [5, 5.41) is 13.8. The van der Waals surface area contributed by atoms with Crippen molar-refractivity contribution in [1.82, 2.24) is 26.1 Å². The van der Waals surface area contributed by atoms with E-state index in [0.717, 1.165) is 24.0 Å². The van der Waals surface area contributed by atoms with E-state index in [2.05, 4.69) is 31.1 Å². The Balaban J connectivity index is 1.25. The van der Waals surface area contributed by atoms with Crippen LogP contribution in [0.5, 0.6) is 0 Å². The minimum Gasteiger partial charge on any atom is -0.496 e. The van der Waals surface area contributed by atoms with Gasteiger partial charge in [0, 0.05) is 35.7 Å². The minimum atomic E-state index is -0.796. The Bertz CT molecular complexity index is 1590. The topological polar surface area (TPSA) is 131 Å². The van der Waals surface area contributed by atoms with E-state index in [-0.39, 0.29) is 11.8 Å². The Morgan fingerprint density at radius 1 is 1.17 bits per heavy atom. The van der Waals surface area contributed by atoms with E-state index in [1.807, 2.05) is 31.2 Å². The first-order valence-corrected chi connectivity index (χ1v) is 14.1. The molecule has 5 rings (SSSR count). The maximum absolute atomic E-state index is 13.1. The van der Waals surface area contributed by atoms with Gasteiger partial charge in [0.15, 0.2) is 0 Å². The van der Waals surface area contributed by atoms with Crippen molar-refractivity contribution in [2.24, 2.45) is 10.9 Å². The summed E-state index contributed by atoms with van der Waals surface area (Å²) in [6.07, 6.45) is 5.97. The number of nitrogens with zero attached hydrogens (tertiary/aromatic N) is 3. The summed E-state index contributed by atoms with van der Waals surface area (Å²) in [5.41, 5.74) is 1.98. The fourth-order valence-electron chi connectivity index (χ4n) is 4.52. The van der Waals surface area contributed by atoms with Crippen molar-refractivity contribution < 1.29 is 18.8 Å². The highest BCUT2D eigenvalue weighted by atomic mass is 35.5. The molecule has 0 bridgehead atoms. The average Bonchev–Trinajstić information content (AvgIpc) is 3.72. The fraction of sp³-hybridized carbons (Fsp3) is 0.300. The number of aromatic nitrogens is 2. The molecule has 1 atom stereocenters. The van der Waals surface area contributed by atoms with E-state index in [4.69, 9.17) is 32.5 Å². The molecular weight excluding hydrogens is 579 g/mol. The van der Waals surface area contributed by atoms with Gasteiger partial charge in [0.25, 0.3) is 5.89 Å². The molecule has 1 fully saturated rings. The highest BCUT2D eigenvalue weighted by Gasteiger charge is 2.32. The van der Waals surface area contributed by atoms with Crippen molar-refractivity contribution in [2.75, 3.05) is 14.2 Å². The standard InChI is InChI=1S/C30H30Cl2N6O4/c1-30(13-12-21(24(15-30)41-3)28-35-25(38-42-28)18-7-9-20(31)10-8-18)37-29(40)36-26(33-2)22-14-17(4-11-23(22)32)16-34-27(39)19-5-6-19/h4,7-12,14-15,19H,5-6,13,16H2,1-3H3,(H,34,39)(H2,33,36,37,40). The minimum absolute atomic E-state index is 0.0517. The van der Waals surface area contributed by atoms with Gasteiger partial charge >= 0.3 is 6.03 Å². The Labute approximate surface area is 253 Å². The number of aliphatic imine (C=N–C) groups is 1. The number of rotatable bonds is 8. The zero-order valence-corrected chi connectivity index (χ0v) is 24.8. The number of amides is 3. The number of methoxy groups -OCH3 is 1. The molecule has 0 radical (unpaired) electrons. The van der Waals surface area contributed by atoms with Crippen LogP contribution < -0.4 is 16.0 Å². The van der Waals surface area contributed by atoms with Crippen molar-refractivity contribution in [3.05, 3.63) is 87.4 Å². The molecule has 3 amide bonds. The number of hydrogen-bond acceptors (Lipinski definition) is 7. The van der Waals surface area contributed by atoms with E-state index < -0.39 is 11.6 Å². The van der Waals surface area contributed by atoms with Crippen LogP contribution >= 0.6 is 23.2 Å². The van der Waals surface area contributed by atoms with Crippen LogP contribution in [0.4, 0.5) is 4.79 Å². The molecule has 10 nitrogen and oxygen atoms in total. The molecule has 1 unspecified atom stereocenters. The lowest BCUT2D eigenvalue weighted by Crippen LogP contribution is -2.51. The summed E-state index contributed by atoms with van der Waals surface area (Å²) in [6, 6.07) is 12.0. The second kappa shape index (κ2) is 12.4. The highest BCUT2D eigenvalue weighted by Crippen LogP contribution is 2.33. The van der Waals surface area contributed by atoms with Crippen LogP contribution in [-0.4, -0.2) is 47.6 Å². The molecular formula is C30H30Cl2N6O4. The molecule has 1 heterocycles. The summed E-state index contributed by atoms with van der Waals surface area (Å²) >= 11 is 12.4. The lowest BCUT2D eigenvalue weighted by atomic mass is 9.89. The Morgan fingerprint density at radius 2 is 1.93 bits per heavy atom. The van der Waals surface area contributed by atoms with Gasteiger partial charge in [0.05, 0.1) is 23.2 Å². The molecule has 3 aromatic rings. The van der Waals surface area contributed by atoms with Crippen LogP contribution in [0.3, 0.4) is 0 Å². The third kappa shape index (κ3) is 6.83. The molecule has 0 saturated heterocycles. The van der Waals surface area contributed by atoms with E-state index in [0.29, 0.717) is 57.5 Å². The fourth-order valence-corrected chi connectivity index (χ4v) is 4.86. The quantitative estimate of drug-likeness (QED) is 0.228. The summed E-state index contributed by atoms with van der Waals surface area (Å²) < 4.78 is 11.1. The number of nitrogens with one attached hydrogen (secondary N) is 3. The summed E-state index contributed by atoms with van der Waals surface area (Å²) in [4.78, 5) is 33.9. The normalized spacial score (nSPS) is 18.5. The summed E-state index contributed by atoms with van der Waals surface area (Å²) in [5.74, 6) is 1.65. The maximum Gasteiger partial charge on any atom is 0.321 e. The van der Waals surface area contributed by atoms with Crippen LogP contribution in [0.25, 0.3) is 17.0 Å².